The number of hydrogen-bond donors (Lipinski definition) is 1. The van der Waals surface area contributed by atoms with Gasteiger partial charge in [-0.2, -0.15) is 5.10 Å². The lowest BCUT2D eigenvalue weighted by molar-refractivity contribution is -0.393. The number of hydrazone groups is 1. The minimum atomic E-state index is -0.676. The second-order valence-corrected chi connectivity index (χ2v) is 7.29. The summed E-state index contributed by atoms with van der Waals surface area (Å²) in [4.78, 5) is 20.7. The summed E-state index contributed by atoms with van der Waals surface area (Å²) in [7, 11) is 1.70. The first-order chi connectivity index (χ1) is 13.7. The summed E-state index contributed by atoms with van der Waals surface area (Å²) in [6.45, 7) is 6.77. The summed E-state index contributed by atoms with van der Waals surface area (Å²) in [5.74, 6) is 0.731. The molecule has 0 amide bonds. The van der Waals surface area contributed by atoms with Crippen molar-refractivity contribution >= 4 is 22.8 Å². The van der Waals surface area contributed by atoms with Gasteiger partial charge in [-0.1, -0.05) is 17.2 Å². The van der Waals surface area contributed by atoms with Crippen LogP contribution in [-0.4, -0.2) is 29.3 Å². The summed E-state index contributed by atoms with van der Waals surface area (Å²) < 4.78 is 5.36. The zero-order valence-electron chi connectivity index (χ0n) is 17.0. The Kier molecular flexibility index (Phi) is 7.60. The van der Waals surface area contributed by atoms with Gasteiger partial charge in [0.2, 0.25) is 0 Å². The second-order valence-electron chi connectivity index (χ2n) is 7.29. The van der Waals surface area contributed by atoms with Gasteiger partial charge in [0.15, 0.2) is 0 Å². The number of nitro groups is 2. The zero-order valence-corrected chi connectivity index (χ0v) is 17.0. The van der Waals surface area contributed by atoms with Crippen molar-refractivity contribution in [3.63, 3.8) is 0 Å². The van der Waals surface area contributed by atoms with Crippen LogP contribution in [0.1, 0.15) is 33.6 Å². The number of nitrogens with zero attached hydrogens (tertiary/aromatic N) is 3. The molecule has 1 N–H and O–H groups in total. The number of nitro benzene ring substituents is 2. The quantitative estimate of drug-likeness (QED) is 0.287. The highest BCUT2D eigenvalue weighted by molar-refractivity contribution is 5.93. The van der Waals surface area contributed by atoms with Crippen molar-refractivity contribution in [2.24, 2.45) is 16.9 Å². The van der Waals surface area contributed by atoms with E-state index in [1.807, 2.05) is 6.08 Å². The van der Waals surface area contributed by atoms with Crippen molar-refractivity contribution in [3.05, 3.63) is 61.7 Å². The Bertz CT molecular complexity index is 876. The highest BCUT2D eigenvalue weighted by atomic mass is 16.6. The van der Waals surface area contributed by atoms with Crippen molar-refractivity contribution in [2.45, 2.75) is 33.6 Å². The van der Waals surface area contributed by atoms with Crippen molar-refractivity contribution in [1.29, 1.82) is 0 Å². The van der Waals surface area contributed by atoms with Crippen LogP contribution in [0.15, 0.2) is 46.6 Å². The van der Waals surface area contributed by atoms with Gasteiger partial charge in [-0.25, -0.2) is 0 Å². The minimum absolute atomic E-state index is 0.0951. The fourth-order valence-corrected chi connectivity index (χ4v) is 3.36. The molecule has 2 rings (SSSR count). The van der Waals surface area contributed by atoms with Gasteiger partial charge in [0.1, 0.15) is 5.69 Å². The van der Waals surface area contributed by atoms with Crippen LogP contribution in [0.4, 0.5) is 17.1 Å². The van der Waals surface area contributed by atoms with Gasteiger partial charge in [-0.3, -0.25) is 25.7 Å². The van der Waals surface area contributed by atoms with Gasteiger partial charge >= 0.3 is 5.69 Å². The lowest BCUT2D eigenvalue weighted by Crippen LogP contribution is -2.23. The predicted octanol–water partition coefficient (Wildman–Crippen LogP) is 4.86. The fraction of sp³-hybridized carbons (Fsp3) is 0.450. The molecule has 0 saturated heterocycles. The van der Waals surface area contributed by atoms with Crippen LogP contribution in [0.5, 0.6) is 0 Å². The van der Waals surface area contributed by atoms with E-state index in [4.69, 9.17) is 4.74 Å². The summed E-state index contributed by atoms with van der Waals surface area (Å²) in [6, 6.07) is 3.39. The summed E-state index contributed by atoms with van der Waals surface area (Å²) in [5, 5.41) is 26.2. The molecule has 1 aliphatic rings. The molecule has 0 bridgehead atoms. The third kappa shape index (κ3) is 5.95. The summed E-state index contributed by atoms with van der Waals surface area (Å²) in [5.41, 5.74) is 5.43. The number of non-ortho nitro benzene ring substituents is 1. The van der Waals surface area contributed by atoms with E-state index < -0.39 is 15.5 Å². The molecule has 0 heterocycles. The van der Waals surface area contributed by atoms with Crippen LogP contribution in [-0.2, 0) is 4.74 Å². The van der Waals surface area contributed by atoms with E-state index >= 15 is 0 Å². The van der Waals surface area contributed by atoms with Crippen molar-refractivity contribution in [3.8, 4) is 0 Å². The van der Waals surface area contributed by atoms with Crippen molar-refractivity contribution < 1.29 is 14.6 Å². The van der Waals surface area contributed by atoms with E-state index in [-0.39, 0.29) is 11.4 Å². The number of nitrogens with one attached hydrogen (secondary N) is 1. The molecule has 1 aliphatic carbocycles. The number of ether oxygens (including phenoxy) is 1. The van der Waals surface area contributed by atoms with Crippen LogP contribution in [0.25, 0.3) is 0 Å². The van der Waals surface area contributed by atoms with Gasteiger partial charge in [0, 0.05) is 19.8 Å². The van der Waals surface area contributed by atoms with E-state index in [1.165, 1.54) is 23.3 Å². The number of rotatable bonds is 8. The normalized spacial score (nSPS) is 20.2. The lowest BCUT2D eigenvalue weighted by atomic mass is 9.76. The highest BCUT2D eigenvalue weighted by Gasteiger charge is 2.25. The van der Waals surface area contributed by atoms with Crippen LogP contribution < -0.4 is 5.43 Å². The van der Waals surface area contributed by atoms with E-state index in [1.54, 1.807) is 14.0 Å². The molecule has 0 saturated carbocycles. The van der Waals surface area contributed by atoms with E-state index in [0.717, 1.165) is 18.9 Å². The minimum Gasteiger partial charge on any atom is -0.384 e. The van der Waals surface area contributed by atoms with Gasteiger partial charge < -0.3 is 4.74 Å². The summed E-state index contributed by atoms with van der Waals surface area (Å²) in [6.07, 6.45) is 5.94. The molecular formula is C20H26N4O5. The third-order valence-electron chi connectivity index (χ3n) is 5.15. The molecule has 0 fully saturated rings. The smallest absolute Gasteiger partial charge is 0.301 e. The molecule has 0 radical (unpaired) electrons. The molecule has 1 aromatic carbocycles. The first-order valence-corrected chi connectivity index (χ1v) is 9.28. The predicted molar refractivity (Wildman–Crippen MR) is 112 cm³/mol. The SMILES string of the molecule is COC[C@H]1CC(C)=C(C)C[C@H]1/C=C/C(C)=N\Nc1ccc([N+](=O)[O-])cc1[N+](=O)[O-]. The van der Waals surface area contributed by atoms with Crippen molar-refractivity contribution in [2.75, 3.05) is 19.1 Å². The molecule has 9 nitrogen and oxygen atoms in total. The van der Waals surface area contributed by atoms with Crippen LogP contribution in [0.2, 0.25) is 0 Å². The Morgan fingerprint density at radius 1 is 1.24 bits per heavy atom. The fourth-order valence-electron chi connectivity index (χ4n) is 3.36. The van der Waals surface area contributed by atoms with Crippen LogP contribution in [0.3, 0.4) is 0 Å². The maximum Gasteiger partial charge on any atom is 0.301 e. The number of benzene rings is 1. The number of allylic oxidation sites excluding steroid dienone is 4. The molecule has 0 unspecified atom stereocenters. The van der Waals surface area contributed by atoms with E-state index in [9.17, 15) is 20.2 Å². The topological polar surface area (TPSA) is 120 Å². The molecule has 2 atom stereocenters. The lowest BCUT2D eigenvalue weighted by Gasteiger charge is -2.30. The van der Waals surface area contributed by atoms with Crippen LogP contribution >= 0.6 is 0 Å². The Balaban J connectivity index is 2.14. The Morgan fingerprint density at radius 2 is 1.93 bits per heavy atom. The third-order valence-corrected chi connectivity index (χ3v) is 5.15. The number of hydrogen-bond acceptors (Lipinski definition) is 7. The maximum atomic E-state index is 11.2. The van der Waals surface area contributed by atoms with Gasteiger partial charge in [0.25, 0.3) is 5.69 Å². The van der Waals surface area contributed by atoms with E-state index in [0.29, 0.717) is 24.2 Å². The zero-order chi connectivity index (χ0) is 21.6. The standard InChI is InChI=1S/C20H26N4O5/c1-13-9-16(17(12-29-4)10-14(13)2)6-5-15(3)21-22-19-8-7-18(23(25)26)11-20(19)24(27)28/h5-8,11,16-17,22H,9-10,12H2,1-4H3/b6-5+,21-15-/t16-,17-/m1/s1. The first kappa shape index (κ1) is 22.2. The van der Waals surface area contributed by atoms with Gasteiger partial charge in [-0.15, -0.1) is 0 Å². The Labute approximate surface area is 169 Å². The van der Waals surface area contributed by atoms with Gasteiger partial charge in [-0.05, 0) is 57.6 Å². The molecule has 0 aliphatic heterocycles. The molecule has 29 heavy (non-hydrogen) atoms. The molecule has 0 aromatic heterocycles. The van der Waals surface area contributed by atoms with Crippen molar-refractivity contribution in [1.82, 2.24) is 0 Å². The first-order valence-electron chi connectivity index (χ1n) is 9.28. The van der Waals surface area contributed by atoms with E-state index in [2.05, 4.69) is 30.5 Å². The van der Waals surface area contributed by atoms with Crippen LogP contribution in [0, 0.1) is 32.1 Å². The van der Waals surface area contributed by atoms with Gasteiger partial charge in [0.05, 0.1) is 21.6 Å². The molecule has 0 spiro atoms. The average molecular weight is 402 g/mol. The monoisotopic (exact) mass is 402 g/mol. The maximum absolute atomic E-state index is 11.2. The second kappa shape index (κ2) is 9.92. The average Bonchev–Trinajstić information content (AvgIpc) is 2.67. The molecule has 9 heteroatoms. The molecular weight excluding hydrogens is 376 g/mol. The Morgan fingerprint density at radius 3 is 2.55 bits per heavy atom. The Hall–Kier alpha value is -3.07. The summed E-state index contributed by atoms with van der Waals surface area (Å²) >= 11 is 0. The molecule has 1 aromatic rings. The number of methoxy groups -OCH3 is 1. The highest BCUT2D eigenvalue weighted by Crippen LogP contribution is 2.35. The number of anilines is 1. The largest absolute Gasteiger partial charge is 0.384 e. The molecule has 156 valence electrons.